The monoisotopic (exact) mass is 509 g/mol. The number of Topliss-reactive ketones (excluding diaryl/α,β-unsaturated/α-hetero) is 2. The Kier molecular flexibility index (Phi) is 6.00. The average Bonchev–Trinajstić information content (AvgIpc) is 3.05. The number of carbonyl (C=O) groups is 3. The van der Waals surface area contributed by atoms with Gasteiger partial charge in [-0.3, -0.25) is 19.3 Å². The molecular formula is C25H17BrClNO4. The van der Waals surface area contributed by atoms with Gasteiger partial charge in [-0.05, 0) is 73.2 Å². The van der Waals surface area contributed by atoms with E-state index in [1.807, 2.05) is 0 Å². The van der Waals surface area contributed by atoms with Crippen LogP contribution in [0.25, 0.3) is 5.76 Å². The molecule has 1 aliphatic heterocycles. The van der Waals surface area contributed by atoms with E-state index in [2.05, 4.69) is 15.9 Å². The molecule has 160 valence electrons. The first kappa shape index (κ1) is 22.0. The van der Waals surface area contributed by atoms with Gasteiger partial charge in [0.05, 0.1) is 11.6 Å². The number of hydrogen-bond acceptors (Lipinski definition) is 4. The molecule has 1 fully saturated rings. The van der Waals surface area contributed by atoms with E-state index in [0.29, 0.717) is 27.4 Å². The third-order valence-corrected chi connectivity index (χ3v) is 6.08. The van der Waals surface area contributed by atoms with Gasteiger partial charge in [0.1, 0.15) is 5.76 Å². The highest BCUT2D eigenvalue weighted by Crippen LogP contribution is 2.42. The first-order valence-corrected chi connectivity index (χ1v) is 10.9. The summed E-state index contributed by atoms with van der Waals surface area (Å²) in [6.45, 7) is 1.45. The van der Waals surface area contributed by atoms with Crippen molar-refractivity contribution in [2.75, 3.05) is 4.90 Å². The predicted molar refractivity (Wildman–Crippen MR) is 127 cm³/mol. The molecule has 7 heteroatoms. The number of ketones is 2. The van der Waals surface area contributed by atoms with E-state index in [0.717, 1.165) is 4.47 Å². The maximum Gasteiger partial charge on any atom is 0.300 e. The molecule has 1 atom stereocenters. The highest BCUT2D eigenvalue weighted by Gasteiger charge is 2.46. The van der Waals surface area contributed by atoms with E-state index >= 15 is 0 Å². The molecule has 0 spiro atoms. The van der Waals surface area contributed by atoms with Crippen molar-refractivity contribution >= 4 is 56.5 Å². The first-order valence-electron chi connectivity index (χ1n) is 9.71. The van der Waals surface area contributed by atoms with Gasteiger partial charge < -0.3 is 5.11 Å². The van der Waals surface area contributed by atoms with Crippen molar-refractivity contribution in [2.45, 2.75) is 13.0 Å². The number of nitrogens with zero attached hydrogens (tertiary/aromatic N) is 1. The lowest BCUT2D eigenvalue weighted by Gasteiger charge is -2.25. The molecule has 0 aromatic heterocycles. The van der Waals surface area contributed by atoms with E-state index in [1.165, 1.54) is 11.8 Å². The Bertz CT molecular complexity index is 1250. The number of amides is 1. The lowest BCUT2D eigenvalue weighted by Crippen LogP contribution is -2.29. The van der Waals surface area contributed by atoms with Crippen LogP contribution in [-0.4, -0.2) is 22.6 Å². The fourth-order valence-electron chi connectivity index (χ4n) is 3.68. The minimum absolute atomic E-state index is 0.0183. The molecule has 1 heterocycles. The second kappa shape index (κ2) is 8.73. The summed E-state index contributed by atoms with van der Waals surface area (Å²) in [5, 5.41) is 11.5. The minimum Gasteiger partial charge on any atom is -0.507 e. The fraction of sp³-hybridized carbons (Fsp3) is 0.0800. The first-order chi connectivity index (χ1) is 15.3. The molecular weight excluding hydrogens is 494 g/mol. The van der Waals surface area contributed by atoms with Crippen molar-refractivity contribution in [3.63, 3.8) is 0 Å². The van der Waals surface area contributed by atoms with Crippen LogP contribution < -0.4 is 4.90 Å². The van der Waals surface area contributed by atoms with Crippen LogP contribution in [0.3, 0.4) is 0 Å². The van der Waals surface area contributed by atoms with Crippen molar-refractivity contribution in [1.29, 1.82) is 0 Å². The number of hydrogen-bond donors (Lipinski definition) is 1. The topological polar surface area (TPSA) is 74.7 Å². The summed E-state index contributed by atoms with van der Waals surface area (Å²) in [5.41, 5.74) is 1.95. The van der Waals surface area contributed by atoms with Gasteiger partial charge in [-0.15, -0.1) is 0 Å². The van der Waals surface area contributed by atoms with Gasteiger partial charge in [0.2, 0.25) is 0 Å². The normalized spacial score (nSPS) is 17.6. The third-order valence-electron chi connectivity index (χ3n) is 5.30. The number of benzene rings is 3. The van der Waals surface area contributed by atoms with Crippen LogP contribution >= 0.6 is 27.5 Å². The SMILES string of the molecule is CC(=O)c1ccc(N2C(=O)C(=O)/C(=C(/O)c3ccc(Cl)cc3)[C@H]2c2ccc(Br)cc2)cc1. The van der Waals surface area contributed by atoms with Gasteiger partial charge in [-0.2, -0.15) is 0 Å². The zero-order valence-corrected chi connectivity index (χ0v) is 19.2. The van der Waals surface area contributed by atoms with Gasteiger partial charge in [0, 0.05) is 26.3 Å². The lowest BCUT2D eigenvalue weighted by atomic mass is 9.95. The summed E-state index contributed by atoms with van der Waals surface area (Å²) < 4.78 is 0.835. The largest absolute Gasteiger partial charge is 0.507 e. The van der Waals surface area contributed by atoms with Crippen molar-refractivity contribution in [3.05, 3.63) is 105 Å². The predicted octanol–water partition coefficient (Wildman–Crippen LogP) is 5.93. The standard InChI is InChI=1S/C25H17BrClNO4/c1-14(29)15-6-12-20(13-7-15)28-22(16-2-8-18(26)9-3-16)21(24(31)25(28)32)23(30)17-4-10-19(27)11-5-17/h2-13,22,30H,1H3/b23-21+/t22-/m1/s1. The minimum atomic E-state index is -0.845. The summed E-state index contributed by atoms with van der Waals surface area (Å²) >= 11 is 9.34. The van der Waals surface area contributed by atoms with Crippen LogP contribution in [0.1, 0.15) is 34.5 Å². The summed E-state index contributed by atoms with van der Waals surface area (Å²) in [4.78, 5) is 39.2. The maximum atomic E-state index is 13.1. The van der Waals surface area contributed by atoms with Gasteiger partial charge in [0.15, 0.2) is 5.78 Å². The van der Waals surface area contributed by atoms with Crippen molar-refractivity contribution < 1.29 is 19.5 Å². The van der Waals surface area contributed by atoms with E-state index in [-0.39, 0.29) is 17.1 Å². The molecule has 5 nitrogen and oxygen atoms in total. The average molecular weight is 511 g/mol. The molecule has 1 N–H and O–H groups in total. The van der Waals surface area contributed by atoms with Crippen molar-refractivity contribution in [2.24, 2.45) is 0 Å². The Morgan fingerprint density at radius 2 is 1.47 bits per heavy atom. The fourth-order valence-corrected chi connectivity index (χ4v) is 4.07. The molecule has 3 aromatic carbocycles. The van der Waals surface area contributed by atoms with Gasteiger partial charge in [-0.25, -0.2) is 0 Å². The Morgan fingerprint density at radius 1 is 0.906 bits per heavy atom. The molecule has 1 saturated heterocycles. The number of rotatable bonds is 4. The molecule has 0 unspecified atom stereocenters. The zero-order chi connectivity index (χ0) is 23.0. The van der Waals surface area contributed by atoms with Crippen LogP contribution in [0.5, 0.6) is 0 Å². The van der Waals surface area contributed by atoms with Crippen LogP contribution in [0.2, 0.25) is 5.02 Å². The quantitative estimate of drug-likeness (QED) is 0.204. The van der Waals surface area contributed by atoms with Crippen molar-refractivity contribution in [3.8, 4) is 0 Å². The van der Waals surface area contributed by atoms with E-state index in [1.54, 1.807) is 72.8 Å². The molecule has 1 aliphatic rings. The van der Waals surface area contributed by atoms with E-state index in [4.69, 9.17) is 11.6 Å². The lowest BCUT2D eigenvalue weighted by molar-refractivity contribution is -0.132. The molecule has 4 rings (SSSR count). The Labute approximate surface area is 198 Å². The highest BCUT2D eigenvalue weighted by molar-refractivity contribution is 9.10. The van der Waals surface area contributed by atoms with Crippen molar-refractivity contribution in [1.82, 2.24) is 0 Å². The van der Waals surface area contributed by atoms with Crippen LogP contribution in [-0.2, 0) is 9.59 Å². The van der Waals surface area contributed by atoms with E-state index in [9.17, 15) is 19.5 Å². The Hall–Kier alpha value is -3.22. The van der Waals surface area contributed by atoms with E-state index < -0.39 is 17.7 Å². The number of carbonyl (C=O) groups excluding carboxylic acids is 3. The molecule has 3 aromatic rings. The number of halogens is 2. The van der Waals surface area contributed by atoms with Crippen LogP contribution in [0, 0.1) is 0 Å². The third kappa shape index (κ3) is 3.99. The molecule has 32 heavy (non-hydrogen) atoms. The Morgan fingerprint density at radius 3 is 2.03 bits per heavy atom. The van der Waals surface area contributed by atoms with Gasteiger partial charge in [0.25, 0.3) is 11.7 Å². The molecule has 0 radical (unpaired) electrons. The summed E-state index contributed by atoms with van der Waals surface area (Å²) in [7, 11) is 0. The number of aliphatic hydroxyl groups excluding tert-OH is 1. The smallest absolute Gasteiger partial charge is 0.300 e. The highest BCUT2D eigenvalue weighted by atomic mass is 79.9. The second-order valence-corrected chi connectivity index (χ2v) is 8.68. The Balaban J connectivity index is 1.91. The molecule has 0 aliphatic carbocycles. The van der Waals surface area contributed by atoms with Gasteiger partial charge in [-0.1, -0.05) is 39.7 Å². The molecule has 1 amide bonds. The summed E-state index contributed by atoms with van der Waals surface area (Å²) in [6, 6.07) is 19.2. The molecule has 0 saturated carbocycles. The van der Waals surface area contributed by atoms with Crippen LogP contribution in [0.4, 0.5) is 5.69 Å². The second-order valence-electron chi connectivity index (χ2n) is 7.33. The zero-order valence-electron chi connectivity index (χ0n) is 16.9. The number of anilines is 1. The maximum absolute atomic E-state index is 13.1. The summed E-state index contributed by atoms with van der Waals surface area (Å²) in [5.74, 6) is -1.94. The molecule has 0 bridgehead atoms. The number of aliphatic hydroxyl groups is 1. The van der Waals surface area contributed by atoms with Gasteiger partial charge >= 0.3 is 0 Å². The van der Waals surface area contributed by atoms with Crippen LogP contribution in [0.15, 0.2) is 82.8 Å². The summed E-state index contributed by atoms with van der Waals surface area (Å²) in [6.07, 6.45) is 0.